The van der Waals surface area contributed by atoms with E-state index in [9.17, 15) is 4.79 Å². The number of hydrogen-bond acceptors (Lipinski definition) is 4. The van der Waals surface area contributed by atoms with E-state index < -0.39 is 0 Å². The molecule has 0 unspecified atom stereocenters. The number of morpholine rings is 1. The number of carbonyl (C=O) groups is 1. The number of carbonyl (C=O) groups excluding carboxylic acids is 1. The predicted octanol–water partition coefficient (Wildman–Crippen LogP) is 2.42. The van der Waals surface area contributed by atoms with Gasteiger partial charge in [-0.2, -0.15) is 0 Å². The molecule has 94 valence electrons. The van der Waals surface area contributed by atoms with Gasteiger partial charge >= 0.3 is 0 Å². The van der Waals surface area contributed by atoms with Crippen LogP contribution in [0.3, 0.4) is 0 Å². The normalized spacial score (nSPS) is 16.2. The lowest BCUT2D eigenvalue weighted by Gasteiger charge is -2.26. The van der Waals surface area contributed by atoms with Crippen LogP contribution in [0.5, 0.6) is 0 Å². The number of nitrogens with zero attached hydrogens (tertiary/aromatic N) is 2. The summed E-state index contributed by atoms with van der Waals surface area (Å²) in [4.78, 5) is 18.4. The third-order valence-electron chi connectivity index (χ3n) is 2.92. The van der Waals surface area contributed by atoms with Crippen molar-refractivity contribution >= 4 is 39.1 Å². The van der Waals surface area contributed by atoms with Crippen molar-refractivity contribution in [1.29, 1.82) is 0 Å². The van der Waals surface area contributed by atoms with Gasteiger partial charge in [-0.1, -0.05) is 17.7 Å². The Morgan fingerprint density at radius 3 is 2.94 bits per heavy atom. The molecule has 1 saturated heterocycles. The maximum absolute atomic E-state index is 12.4. The molecule has 0 saturated carbocycles. The maximum Gasteiger partial charge on any atom is 0.255 e. The highest BCUT2D eigenvalue weighted by Crippen LogP contribution is 2.29. The first-order valence-electron chi connectivity index (χ1n) is 5.68. The maximum atomic E-state index is 12.4. The lowest BCUT2D eigenvalue weighted by molar-refractivity contribution is 0.0304. The van der Waals surface area contributed by atoms with Gasteiger partial charge in [-0.3, -0.25) is 4.79 Å². The van der Waals surface area contributed by atoms with E-state index in [1.807, 2.05) is 23.1 Å². The summed E-state index contributed by atoms with van der Waals surface area (Å²) in [5.74, 6) is 0.0317. The highest BCUT2D eigenvalue weighted by atomic mass is 35.5. The number of hydrogen-bond donors (Lipinski definition) is 0. The van der Waals surface area contributed by atoms with Crippen LogP contribution in [0.2, 0.25) is 4.47 Å². The zero-order chi connectivity index (χ0) is 12.5. The molecule has 1 aromatic heterocycles. The molecule has 2 heterocycles. The molecule has 2 aromatic rings. The second kappa shape index (κ2) is 4.84. The van der Waals surface area contributed by atoms with Crippen molar-refractivity contribution in [1.82, 2.24) is 9.88 Å². The van der Waals surface area contributed by atoms with Gasteiger partial charge in [-0.05, 0) is 12.1 Å². The lowest BCUT2D eigenvalue weighted by Crippen LogP contribution is -2.40. The van der Waals surface area contributed by atoms with Gasteiger partial charge in [-0.25, -0.2) is 4.98 Å². The molecule has 0 atom stereocenters. The van der Waals surface area contributed by atoms with Gasteiger partial charge in [0.25, 0.3) is 5.91 Å². The van der Waals surface area contributed by atoms with Crippen molar-refractivity contribution < 1.29 is 9.53 Å². The highest BCUT2D eigenvalue weighted by molar-refractivity contribution is 7.22. The van der Waals surface area contributed by atoms with Gasteiger partial charge < -0.3 is 9.64 Å². The van der Waals surface area contributed by atoms with Gasteiger partial charge in [0.2, 0.25) is 0 Å². The first kappa shape index (κ1) is 11.9. The van der Waals surface area contributed by atoms with E-state index in [2.05, 4.69) is 4.98 Å². The molecular formula is C12H11ClN2O2S. The van der Waals surface area contributed by atoms with Crippen molar-refractivity contribution in [3.8, 4) is 0 Å². The van der Waals surface area contributed by atoms with Crippen LogP contribution in [0.1, 0.15) is 10.4 Å². The number of rotatable bonds is 1. The van der Waals surface area contributed by atoms with E-state index in [0.717, 1.165) is 10.2 Å². The Bertz CT molecular complexity index is 593. The Morgan fingerprint density at radius 1 is 1.39 bits per heavy atom. The van der Waals surface area contributed by atoms with E-state index in [0.29, 0.717) is 36.3 Å². The first-order chi connectivity index (χ1) is 8.75. The zero-order valence-electron chi connectivity index (χ0n) is 9.56. The molecule has 4 nitrogen and oxygen atoms in total. The number of thiazole rings is 1. The Balaban J connectivity index is 2.00. The molecule has 0 N–H and O–H groups in total. The van der Waals surface area contributed by atoms with Gasteiger partial charge in [0, 0.05) is 13.1 Å². The van der Waals surface area contributed by atoms with E-state index in [4.69, 9.17) is 16.3 Å². The van der Waals surface area contributed by atoms with Crippen LogP contribution in [0.25, 0.3) is 10.2 Å². The van der Waals surface area contributed by atoms with E-state index in [-0.39, 0.29) is 5.91 Å². The zero-order valence-corrected chi connectivity index (χ0v) is 11.1. The van der Waals surface area contributed by atoms with E-state index in [1.165, 1.54) is 11.3 Å². The summed E-state index contributed by atoms with van der Waals surface area (Å²) in [7, 11) is 0. The summed E-state index contributed by atoms with van der Waals surface area (Å²) in [5.41, 5.74) is 1.46. The molecule has 6 heteroatoms. The van der Waals surface area contributed by atoms with E-state index >= 15 is 0 Å². The molecule has 1 aliphatic rings. The van der Waals surface area contributed by atoms with Crippen LogP contribution in [-0.4, -0.2) is 42.1 Å². The summed E-state index contributed by atoms with van der Waals surface area (Å²) in [6.45, 7) is 2.49. The third-order valence-corrected chi connectivity index (χ3v) is 4.13. The molecule has 1 fully saturated rings. The standard InChI is InChI=1S/C12H11ClN2O2S/c13-12-14-9-3-1-2-8(10(9)18-12)11(16)15-4-6-17-7-5-15/h1-3H,4-7H2. The molecule has 0 aliphatic carbocycles. The predicted molar refractivity (Wildman–Crippen MR) is 71.4 cm³/mol. The SMILES string of the molecule is O=C(c1cccc2nc(Cl)sc12)N1CCOCC1. The number of halogens is 1. The average molecular weight is 283 g/mol. The quantitative estimate of drug-likeness (QED) is 0.807. The van der Waals surface area contributed by atoms with Crippen molar-refractivity contribution in [3.63, 3.8) is 0 Å². The molecule has 18 heavy (non-hydrogen) atoms. The largest absolute Gasteiger partial charge is 0.378 e. The molecular weight excluding hydrogens is 272 g/mol. The molecule has 0 bridgehead atoms. The van der Waals surface area contributed by atoms with Crippen molar-refractivity contribution in [2.75, 3.05) is 26.3 Å². The summed E-state index contributed by atoms with van der Waals surface area (Å²) in [5, 5.41) is 0. The van der Waals surface area contributed by atoms with Crippen LogP contribution in [0.15, 0.2) is 18.2 Å². The number of fused-ring (bicyclic) bond motifs is 1. The number of aromatic nitrogens is 1. The Morgan fingerprint density at radius 2 is 2.17 bits per heavy atom. The Hall–Kier alpha value is -1.17. The Labute approximate surface area is 113 Å². The summed E-state index contributed by atoms with van der Waals surface area (Å²) in [6.07, 6.45) is 0. The average Bonchev–Trinajstić information content (AvgIpc) is 2.79. The summed E-state index contributed by atoms with van der Waals surface area (Å²) in [6, 6.07) is 5.54. The van der Waals surface area contributed by atoms with Crippen molar-refractivity contribution in [3.05, 3.63) is 28.2 Å². The Kier molecular flexibility index (Phi) is 3.20. The highest BCUT2D eigenvalue weighted by Gasteiger charge is 2.21. The molecule has 0 spiro atoms. The lowest BCUT2D eigenvalue weighted by atomic mass is 10.2. The smallest absolute Gasteiger partial charge is 0.255 e. The van der Waals surface area contributed by atoms with Crippen LogP contribution in [0, 0.1) is 0 Å². The topological polar surface area (TPSA) is 42.4 Å². The molecule has 1 aliphatic heterocycles. The van der Waals surface area contributed by atoms with Gasteiger partial charge in [0.15, 0.2) is 4.47 Å². The molecule has 0 radical (unpaired) electrons. The van der Waals surface area contributed by atoms with Crippen LogP contribution in [0.4, 0.5) is 0 Å². The third kappa shape index (κ3) is 2.09. The second-order valence-corrected chi connectivity index (χ2v) is 5.61. The molecule has 3 rings (SSSR count). The molecule has 1 aromatic carbocycles. The number of benzene rings is 1. The summed E-state index contributed by atoms with van der Waals surface area (Å²) < 4.78 is 6.58. The van der Waals surface area contributed by atoms with Crippen molar-refractivity contribution in [2.24, 2.45) is 0 Å². The minimum absolute atomic E-state index is 0.0317. The van der Waals surface area contributed by atoms with E-state index in [1.54, 1.807) is 0 Å². The fourth-order valence-corrected chi connectivity index (χ4v) is 3.15. The van der Waals surface area contributed by atoms with Crippen LogP contribution >= 0.6 is 22.9 Å². The van der Waals surface area contributed by atoms with Gasteiger partial charge in [-0.15, -0.1) is 11.3 Å². The van der Waals surface area contributed by atoms with Crippen LogP contribution in [-0.2, 0) is 4.74 Å². The summed E-state index contributed by atoms with van der Waals surface area (Å²) >= 11 is 7.25. The first-order valence-corrected chi connectivity index (χ1v) is 6.87. The fourth-order valence-electron chi connectivity index (χ4n) is 2.03. The van der Waals surface area contributed by atoms with Crippen LogP contribution < -0.4 is 0 Å². The molecule has 1 amide bonds. The number of amides is 1. The van der Waals surface area contributed by atoms with Gasteiger partial charge in [0.05, 0.1) is 29.0 Å². The second-order valence-electron chi connectivity index (χ2n) is 4.03. The van der Waals surface area contributed by atoms with Gasteiger partial charge in [0.1, 0.15) is 0 Å². The minimum atomic E-state index is 0.0317. The number of ether oxygens (including phenoxy) is 1. The monoisotopic (exact) mass is 282 g/mol. The minimum Gasteiger partial charge on any atom is -0.378 e. The fraction of sp³-hybridized carbons (Fsp3) is 0.333. The van der Waals surface area contributed by atoms with Crippen molar-refractivity contribution in [2.45, 2.75) is 0 Å².